The van der Waals surface area contributed by atoms with E-state index in [2.05, 4.69) is 10.6 Å². The van der Waals surface area contributed by atoms with Gasteiger partial charge in [0.25, 0.3) is 11.6 Å². The van der Waals surface area contributed by atoms with Crippen LogP contribution in [0, 0.1) is 10.1 Å². The molecule has 3 amide bonds. The van der Waals surface area contributed by atoms with Gasteiger partial charge in [0.05, 0.1) is 4.92 Å². The molecule has 0 aliphatic heterocycles. The standard InChI is InChI=1S/C16H19N3O7/c20-14(18-16(22)17-11-3-1-2-4-11)9-26-15(21)10-25-13-7-5-12(6-8-13)19(23)24/h5-8,11H,1-4,9-10H2,(H2,17,18,20,22). The maximum Gasteiger partial charge on any atom is 0.344 e. The molecule has 1 aliphatic rings. The number of ether oxygens (including phenoxy) is 2. The predicted molar refractivity (Wildman–Crippen MR) is 88.5 cm³/mol. The zero-order valence-electron chi connectivity index (χ0n) is 13.9. The summed E-state index contributed by atoms with van der Waals surface area (Å²) in [5.74, 6) is -1.31. The van der Waals surface area contributed by atoms with Crippen LogP contribution in [0.2, 0.25) is 0 Å². The number of rotatable bonds is 7. The molecule has 26 heavy (non-hydrogen) atoms. The number of nitro groups is 1. The number of hydrogen-bond acceptors (Lipinski definition) is 7. The third-order valence-corrected chi connectivity index (χ3v) is 3.71. The van der Waals surface area contributed by atoms with E-state index in [1.807, 2.05) is 0 Å². The molecular formula is C16H19N3O7. The molecule has 0 aromatic heterocycles. The Balaban J connectivity index is 1.63. The maximum absolute atomic E-state index is 11.6. The monoisotopic (exact) mass is 365 g/mol. The summed E-state index contributed by atoms with van der Waals surface area (Å²) in [5, 5.41) is 15.3. The first-order valence-corrected chi connectivity index (χ1v) is 8.07. The Morgan fingerprint density at radius 2 is 1.77 bits per heavy atom. The number of hydrogen-bond donors (Lipinski definition) is 2. The third kappa shape index (κ3) is 6.38. The van der Waals surface area contributed by atoms with Crippen LogP contribution in [0.3, 0.4) is 0 Å². The summed E-state index contributed by atoms with van der Waals surface area (Å²) in [6, 6.07) is 4.60. The molecule has 2 N–H and O–H groups in total. The summed E-state index contributed by atoms with van der Waals surface area (Å²) in [7, 11) is 0. The molecule has 1 aromatic carbocycles. The van der Waals surface area contributed by atoms with Crippen molar-refractivity contribution in [1.29, 1.82) is 0 Å². The van der Waals surface area contributed by atoms with Crippen molar-refractivity contribution in [2.24, 2.45) is 0 Å². The third-order valence-electron chi connectivity index (χ3n) is 3.71. The fourth-order valence-corrected chi connectivity index (χ4v) is 2.45. The lowest BCUT2D eigenvalue weighted by atomic mass is 10.2. The molecule has 140 valence electrons. The van der Waals surface area contributed by atoms with Gasteiger partial charge in [-0.15, -0.1) is 0 Å². The molecule has 0 atom stereocenters. The Hall–Kier alpha value is -3.17. The summed E-state index contributed by atoms with van der Waals surface area (Å²) < 4.78 is 9.79. The zero-order valence-corrected chi connectivity index (χ0v) is 13.9. The van der Waals surface area contributed by atoms with E-state index in [0.29, 0.717) is 0 Å². The topological polar surface area (TPSA) is 137 Å². The summed E-state index contributed by atoms with van der Waals surface area (Å²) in [5.41, 5.74) is -0.104. The Morgan fingerprint density at radius 1 is 1.12 bits per heavy atom. The summed E-state index contributed by atoms with van der Waals surface area (Å²) in [6.45, 7) is -1.08. The Labute approximate surface area is 149 Å². The van der Waals surface area contributed by atoms with Crippen LogP contribution in [0.25, 0.3) is 0 Å². The van der Waals surface area contributed by atoms with Gasteiger partial charge in [0.1, 0.15) is 5.75 Å². The molecule has 2 rings (SSSR count). The Kier molecular flexibility index (Phi) is 6.89. The molecule has 10 nitrogen and oxygen atoms in total. The minimum absolute atomic E-state index is 0.0699. The number of urea groups is 1. The van der Waals surface area contributed by atoms with Gasteiger partial charge in [-0.2, -0.15) is 0 Å². The van der Waals surface area contributed by atoms with Gasteiger partial charge >= 0.3 is 12.0 Å². The number of benzene rings is 1. The number of carbonyl (C=O) groups excluding carboxylic acids is 3. The highest BCUT2D eigenvalue weighted by atomic mass is 16.6. The lowest BCUT2D eigenvalue weighted by molar-refractivity contribution is -0.384. The molecule has 0 spiro atoms. The molecule has 0 bridgehead atoms. The van der Waals surface area contributed by atoms with Gasteiger partial charge in [-0.05, 0) is 25.0 Å². The fourth-order valence-electron chi connectivity index (χ4n) is 2.45. The molecule has 0 saturated heterocycles. The number of amides is 3. The van der Waals surface area contributed by atoms with Crippen molar-refractivity contribution in [1.82, 2.24) is 10.6 Å². The minimum atomic E-state index is -0.810. The van der Waals surface area contributed by atoms with Crippen molar-refractivity contribution in [3.05, 3.63) is 34.4 Å². The molecule has 10 heteroatoms. The average Bonchev–Trinajstić information content (AvgIpc) is 3.11. The van der Waals surface area contributed by atoms with Gasteiger partial charge in [-0.25, -0.2) is 9.59 Å². The molecule has 1 fully saturated rings. The van der Waals surface area contributed by atoms with E-state index in [-0.39, 0.29) is 17.5 Å². The summed E-state index contributed by atoms with van der Waals surface area (Å²) in [4.78, 5) is 44.6. The molecular weight excluding hydrogens is 346 g/mol. The van der Waals surface area contributed by atoms with Gasteiger partial charge in [0.15, 0.2) is 13.2 Å². The molecule has 0 heterocycles. The van der Waals surface area contributed by atoms with Crippen LogP contribution in [0.5, 0.6) is 5.75 Å². The number of nitrogens with zero attached hydrogens (tertiary/aromatic N) is 1. The van der Waals surface area contributed by atoms with E-state index in [1.54, 1.807) is 0 Å². The second-order valence-electron chi connectivity index (χ2n) is 5.70. The number of imide groups is 1. The first-order chi connectivity index (χ1) is 12.4. The van der Waals surface area contributed by atoms with Crippen molar-refractivity contribution >= 4 is 23.6 Å². The lowest BCUT2D eigenvalue weighted by Crippen LogP contribution is -2.45. The van der Waals surface area contributed by atoms with Crippen LogP contribution in [0.4, 0.5) is 10.5 Å². The second kappa shape index (κ2) is 9.35. The van der Waals surface area contributed by atoms with Crippen LogP contribution in [0.15, 0.2) is 24.3 Å². The average molecular weight is 365 g/mol. The van der Waals surface area contributed by atoms with Crippen LogP contribution >= 0.6 is 0 Å². The molecule has 1 aliphatic carbocycles. The SMILES string of the molecule is O=C(COC(=O)COc1ccc([N+](=O)[O-])cc1)NC(=O)NC1CCCC1. The first kappa shape index (κ1) is 19.2. The smallest absolute Gasteiger partial charge is 0.344 e. The lowest BCUT2D eigenvalue weighted by Gasteiger charge is -2.12. The number of carbonyl (C=O) groups is 3. The largest absolute Gasteiger partial charge is 0.482 e. The van der Waals surface area contributed by atoms with Gasteiger partial charge in [0, 0.05) is 18.2 Å². The minimum Gasteiger partial charge on any atom is -0.482 e. The molecule has 1 aromatic rings. The summed E-state index contributed by atoms with van der Waals surface area (Å²) in [6.07, 6.45) is 3.86. The summed E-state index contributed by atoms with van der Waals surface area (Å²) >= 11 is 0. The quantitative estimate of drug-likeness (QED) is 0.422. The molecule has 0 unspecified atom stereocenters. The Morgan fingerprint density at radius 3 is 2.38 bits per heavy atom. The fraction of sp³-hybridized carbons (Fsp3) is 0.438. The normalized spacial score (nSPS) is 13.7. The van der Waals surface area contributed by atoms with Gasteiger partial charge < -0.3 is 14.8 Å². The highest BCUT2D eigenvalue weighted by molar-refractivity contribution is 5.95. The first-order valence-electron chi connectivity index (χ1n) is 8.07. The zero-order chi connectivity index (χ0) is 18.9. The van der Waals surface area contributed by atoms with Gasteiger partial charge in [-0.1, -0.05) is 12.8 Å². The van der Waals surface area contributed by atoms with Crippen molar-refractivity contribution in [3.63, 3.8) is 0 Å². The van der Waals surface area contributed by atoms with E-state index in [0.717, 1.165) is 25.7 Å². The van der Waals surface area contributed by atoms with Gasteiger partial charge in [0.2, 0.25) is 0 Å². The maximum atomic E-state index is 11.6. The number of nitrogens with one attached hydrogen (secondary N) is 2. The van der Waals surface area contributed by atoms with E-state index < -0.39 is 36.0 Å². The van der Waals surface area contributed by atoms with Crippen LogP contribution in [-0.2, 0) is 14.3 Å². The van der Waals surface area contributed by atoms with Crippen molar-refractivity contribution in [2.75, 3.05) is 13.2 Å². The van der Waals surface area contributed by atoms with E-state index in [4.69, 9.17) is 9.47 Å². The van der Waals surface area contributed by atoms with E-state index in [9.17, 15) is 24.5 Å². The van der Waals surface area contributed by atoms with E-state index >= 15 is 0 Å². The number of nitro benzene ring substituents is 1. The molecule has 0 radical (unpaired) electrons. The number of esters is 1. The molecule has 1 saturated carbocycles. The van der Waals surface area contributed by atoms with Crippen LogP contribution in [0.1, 0.15) is 25.7 Å². The van der Waals surface area contributed by atoms with Crippen molar-refractivity contribution in [3.8, 4) is 5.75 Å². The van der Waals surface area contributed by atoms with Crippen LogP contribution in [-0.4, -0.2) is 42.1 Å². The predicted octanol–water partition coefficient (Wildman–Crippen LogP) is 1.29. The van der Waals surface area contributed by atoms with E-state index in [1.165, 1.54) is 24.3 Å². The second-order valence-corrected chi connectivity index (χ2v) is 5.70. The van der Waals surface area contributed by atoms with Crippen molar-refractivity contribution < 1.29 is 28.8 Å². The highest BCUT2D eigenvalue weighted by Crippen LogP contribution is 2.18. The van der Waals surface area contributed by atoms with Crippen molar-refractivity contribution in [2.45, 2.75) is 31.7 Å². The highest BCUT2D eigenvalue weighted by Gasteiger charge is 2.18. The Bertz CT molecular complexity index is 669. The van der Waals surface area contributed by atoms with Crippen LogP contribution < -0.4 is 15.4 Å². The van der Waals surface area contributed by atoms with Gasteiger partial charge in [-0.3, -0.25) is 20.2 Å². The number of non-ortho nitro benzene ring substituents is 1.